The van der Waals surface area contributed by atoms with Crippen molar-refractivity contribution in [3.8, 4) is 0 Å². The molecule has 2 heterocycles. The number of aromatic nitrogens is 2. The molecule has 0 bridgehead atoms. The van der Waals surface area contributed by atoms with Crippen molar-refractivity contribution in [2.75, 3.05) is 12.4 Å². The Morgan fingerprint density at radius 2 is 2.24 bits per heavy atom. The zero-order valence-corrected chi connectivity index (χ0v) is 14.6. The Balaban J connectivity index is 2.07. The molecule has 128 valence electrons. The van der Waals surface area contributed by atoms with Crippen molar-refractivity contribution in [3.63, 3.8) is 0 Å². The van der Waals surface area contributed by atoms with Gasteiger partial charge in [-0.1, -0.05) is 18.2 Å². The number of aliphatic imine (C=N–C) groups is 1. The Morgan fingerprint density at radius 3 is 2.88 bits per heavy atom. The standard InChI is InChI=1S/C18H17ClFN5/c1-4-25-10-14(16-12(19)5-6-13(21-3)17(16)20)24-9-15(25)11(2)18-22-7-8-23-18/h4-10,21H,1H2,2-3H3,(H,22,23)/b15-11+. The van der Waals surface area contributed by atoms with E-state index in [2.05, 4.69) is 26.9 Å². The summed E-state index contributed by atoms with van der Waals surface area (Å²) in [5.41, 5.74) is 2.69. The molecule has 2 N–H and O–H groups in total. The monoisotopic (exact) mass is 357 g/mol. The predicted octanol–water partition coefficient (Wildman–Crippen LogP) is 4.50. The number of allylic oxidation sites excluding steroid dienone is 2. The van der Waals surface area contributed by atoms with Crippen LogP contribution in [-0.2, 0) is 0 Å². The van der Waals surface area contributed by atoms with Crippen molar-refractivity contribution < 1.29 is 4.39 Å². The Kier molecular flexibility index (Phi) is 4.72. The van der Waals surface area contributed by atoms with E-state index in [9.17, 15) is 4.39 Å². The van der Waals surface area contributed by atoms with E-state index in [-0.39, 0.29) is 5.56 Å². The second-order valence-electron chi connectivity index (χ2n) is 5.34. The van der Waals surface area contributed by atoms with Crippen LogP contribution in [0.15, 0.2) is 54.2 Å². The molecule has 1 aliphatic rings. The van der Waals surface area contributed by atoms with Crippen molar-refractivity contribution in [1.29, 1.82) is 0 Å². The molecule has 1 aromatic heterocycles. The molecule has 7 heteroatoms. The number of aromatic amines is 1. The van der Waals surface area contributed by atoms with Gasteiger partial charge in [-0.3, -0.25) is 4.99 Å². The van der Waals surface area contributed by atoms with Gasteiger partial charge in [-0.05, 0) is 19.1 Å². The molecule has 0 spiro atoms. The normalized spacial score (nSPS) is 15.8. The lowest BCUT2D eigenvalue weighted by molar-refractivity contribution is 0.624. The number of imidazole rings is 1. The van der Waals surface area contributed by atoms with Gasteiger partial charge in [0.25, 0.3) is 0 Å². The summed E-state index contributed by atoms with van der Waals surface area (Å²) in [4.78, 5) is 13.5. The first kappa shape index (κ1) is 17.0. The molecule has 0 saturated heterocycles. The second kappa shape index (κ2) is 6.94. The molecule has 1 aliphatic heterocycles. The third-order valence-corrected chi connectivity index (χ3v) is 4.23. The van der Waals surface area contributed by atoms with Crippen LogP contribution in [0.5, 0.6) is 0 Å². The van der Waals surface area contributed by atoms with Crippen LogP contribution in [0.25, 0.3) is 11.3 Å². The summed E-state index contributed by atoms with van der Waals surface area (Å²) >= 11 is 6.21. The minimum absolute atomic E-state index is 0.242. The van der Waals surface area contributed by atoms with Crippen molar-refractivity contribution >= 4 is 34.8 Å². The SMILES string of the molecule is C=CN1C=C(c2c(Cl)ccc(NC)c2F)N=C/C1=C(/C)c1ncc[nH]1. The maximum atomic E-state index is 14.7. The molecule has 25 heavy (non-hydrogen) atoms. The summed E-state index contributed by atoms with van der Waals surface area (Å²) in [6, 6.07) is 3.23. The first-order valence-corrected chi connectivity index (χ1v) is 7.98. The summed E-state index contributed by atoms with van der Waals surface area (Å²) in [5.74, 6) is 0.282. The largest absolute Gasteiger partial charge is 0.386 e. The Bertz CT molecular complexity index is 896. The molecule has 0 fully saturated rings. The molecular weight excluding hydrogens is 341 g/mol. The maximum Gasteiger partial charge on any atom is 0.157 e. The fraction of sp³-hybridized carbons (Fsp3) is 0.111. The van der Waals surface area contributed by atoms with Crippen LogP contribution in [0.2, 0.25) is 5.02 Å². The average Bonchev–Trinajstić information content (AvgIpc) is 3.16. The smallest absolute Gasteiger partial charge is 0.157 e. The Labute approximate surface area is 150 Å². The van der Waals surface area contributed by atoms with Crippen molar-refractivity contribution in [1.82, 2.24) is 14.9 Å². The molecular formula is C18H17ClFN5. The van der Waals surface area contributed by atoms with E-state index in [4.69, 9.17) is 11.6 Å². The van der Waals surface area contributed by atoms with Crippen LogP contribution in [0, 0.1) is 5.82 Å². The van der Waals surface area contributed by atoms with Crippen molar-refractivity contribution in [2.45, 2.75) is 6.92 Å². The third kappa shape index (κ3) is 3.08. The molecule has 1 aromatic carbocycles. The van der Waals surface area contributed by atoms with E-state index < -0.39 is 5.82 Å². The highest BCUT2D eigenvalue weighted by molar-refractivity contribution is 6.32. The predicted molar refractivity (Wildman–Crippen MR) is 101 cm³/mol. The zero-order chi connectivity index (χ0) is 18.0. The van der Waals surface area contributed by atoms with Crippen molar-refractivity contribution in [2.24, 2.45) is 4.99 Å². The number of nitrogens with zero attached hydrogens (tertiary/aromatic N) is 3. The lowest BCUT2D eigenvalue weighted by Gasteiger charge is -2.23. The highest BCUT2D eigenvalue weighted by atomic mass is 35.5. The molecule has 0 atom stereocenters. The first-order valence-electron chi connectivity index (χ1n) is 7.60. The van der Waals surface area contributed by atoms with Gasteiger partial charge in [-0.25, -0.2) is 9.37 Å². The minimum Gasteiger partial charge on any atom is -0.386 e. The third-order valence-electron chi connectivity index (χ3n) is 3.92. The molecule has 0 amide bonds. The van der Waals surface area contributed by atoms with Gasteiger partial charge in [-0.15, -0.1) is 0 Å². The molecule has 0 unspecified atom stereocenters. The molecule has 2 aromatic rings. The lowest BCUT2D eigenvalue weighted by atomic mass is 10.1. The molecule has 0 saturated carbocycles. The van der Waals surface area contributed by atoms with Crippen LogP contribution < -0.4 is 5.32 Å². The van der Waals surface area contributed by atoms with Gasteiger partial charge in [-0.2, -0.15) is 0 Å². The number of halogens is 2. The van der Waals surface area contributed by atoms with Crippen LogP contribution in [0.4, 0.5) is 10.1 Å². The van der Waals surface area contributed by atoms with Crippen LogP contribution in [0.1, 0.15) is 18.3 Å². The van der Waals surface area contributed by atoms with E-state index in [0.29, 0.717) is 16.4 Å². The molecule has 0 radical (unpaired) electrons. The van der Waals surface area contributed by atoms with Crippen LogP contribution >= 0.6 is 11.6 Å². The van der Waals surface area contributed by atoms with Gasteiger partial charge in [0.2, 0.25) is 0 Å². The topological polar surface area (TPSA) is 56.3 Å². The fourth-order valence-corrected chi connectivity index (χ4v) is 2.82. The maximum absolute atomic E-state index is 14.7. The van der Waals surface area contributed by atoms with E-state index in [1.807, 2.05) is 6.92 Å². The van der Waals surface area contributed by atoms with Gasteiger partial charge in [0, 0.05) is 37.4 Å². The number of anilines is 1. The summed E-state index contributed by atoms with van der Waals surface area (Å²) in [6.07, 6.45) is 8.39. The van der Waals surface area contributed by atoms with E-state index in [1.165, 1.54) is 0 Å². The van der Waals surface area contributed by atoms with Gasteiger partial charge in [0.05, 0.1) is 33.9 Å². The van der Waals surface area contributed by atoms with E-state index in [1.54, 1.807) is 55.1 Å². The number of nitrogens with one attached hydrogen (secondary N) is 2. The van der Waals surface area contributed by atoms with E-state index >= 15 is 0 Å². The summed E-state index contributed by atoms with van der Waals surface area (Å²) in [5, 5.41) is 3.10. The number of rotatable bonds is 4. The van der Waals surface area contributed by atoms with Gasteiger partial charge in [0.15, 0.2) is 5.82 Å². The number of H-pyrrole nitrogens is 1. The van der Waals surface area contributed by atoms with Gasteiger partial charge >= 0.3 is 0 Å². The van der Waals surface area contributed by atoms with Crippen LogP contribution in [0.3, 0.4) is 0 Å². The average molecular weight is 358 g/mol. The zero-order valence-electron chi connectivity index (χ0n) is 13.8. The van der Waals surface area contributed by atoms with Gasteiger partial charge in [0.1, 0.15) is 5.82 Å². The number of benzene rings is 1. The van der Waals surface area contributed by atoms with Gasteiger partial charge < -0.3 is 15.2 Å². The quantitative estimate of drug-likeness (QED) is 0.846. The minimum atomic E-state index is -0.447. The number of hydrogen-bond donors (Lipinski definition) is 2. The second-order valence-corrected chi connectivity index (χ2v) is 5.75. The number of hydrogen-bond acceptors (Lipinski definition) is 4. The Morgan fingerprint density at radius 1 is 1.44 bits per heavy atom. The molecule has 3 rings (SSSR count). The Hall–Kier alpha value is -2.86. The summed E-state index contributed by atoms with van der Waals surface area (Å²) < 4.78 is 14.7. The van der Waals surface area contributed by atoms with Crippen LogP contribution in [-0.4, -0.2) is 28.1 Å². The molecule has 5 nitrogen and oxygen atoms in total. The highest BCUT2D eigenvalue weighted by Gasteiger charge is 2.20. The first-order chi connectivity index (χ1) is 12.1. The lowest BCUT2D eigenvalue weighted by Crippen LogP contribution is -2.16. The summed E-state index contributed by atoms with van der Waals surface area (Å²) in [6.45, 7) is 5.74. The highest BCUT2D eigenvalue weighted by Crippen LogP contribution is 2.34. The summed E-state index contributed by atoms with van der Waals surface area (Å²) in [7, 11) is 1.65. The van der Waals surface area contributed by atoms with Crippen molar-refractivity contribution in [3.05, 3.63) is 71.4 Å². The fourth-order valence-electron chi connectivity index (χ4n) is 2.57. The molecule has 0 aliphatic carbocycles. The van der Waals surface area contributed by atoms with E-state index in [0.717, 1.165) is 17.1 Å².